The number of para-hydroxylation sites is 2. The molecule has 0 atom stereocenters. The van der Waals surface area contributed by atoms with Crippen molar-refractivity contribution in [3.8, 4) is 16.2 Å². The van der Waals surface area contributed by atoms with E-state index in [1.54, 1.807) is 30.3 Å². The van der Waals surface area contributed by atoms with Crippen LogP contribution in [0.1, 0.15) is 17.3 Å². The number of hydrogen-bond donors (Lipinski definition) is 2. The Kier molecular flexibility index (Phi) is 5.14. The third-order valence-corrected chi connectivity index (χ3v) is 5.57. The fourth-order valence-corrected chi connectivity index (χ4v) is 4.32. The summed E-state index contributed by atoms with van der Waals surface area (Å²) in [6.07, 6.45) is 0. The molecule has 29 heavy (non-hydrogen) atoms. The van der Waals surface area contributed by atoms with Crippen LogP contribution in [-0.2, 0) is 0 Å². The summed E-state index contributed by atoms with van der Waals surface area (Å²) in [6.45, 7) is 2.38. The third-order valence-electron chi connectivity index (χ3n) is 4.40. The summed E-state index contributed by atoms with van der Waals surface area (Å²) in [4.78, 5) is 17.9. The molecule has 0 unspecified atom stereocenters. The minimum absolute atomic E-state index is 0.277. The van der Waals surface area contributed by atoms with Gasteiger partial charge in [0.05, 0.1) is 22.7 Å². The number of nitrogens with two attached hydrogens (primary N) is 1. The van der Waals surface area contributed by atoms with Gasteiger partial charge in [0.1, 0.15) is 11.6 Å². The number of ether oxygens (including phenoxy) is 1. The predicted molar refractivity (Wildman–Crippen MR) is 114 cm³/mol. The molecule has 0 spiro atoms. The molecule has 0 saturated carbocycles. The molecule has 0 aliphatic carbocycles. The molecule has 4 N–H and O–H groups in total. The lowest BCUT2D eigenvalue weighted by atomic mass is 10.1. The van der Waals surface area contributed by atoms with Crippen LogP contribution in [0, 0.1) is 5.82 Å². The number of nitrogens with one attached hydrogen (secondary N) is 2. The predicted octanol–water partition coefficient (Wildman–Crippen LogP) is 4.75. The summed E-state index contributed by atoms with van der Waals surface area (Å²) in [6, 6.07) is 16.9. The van der Waals surface area contributed by atoms with E-state index >= 15 is 0 Å². The molecule has 0 saturated heterocycles. The fraction of sp³-hybridized carbons (Fsp3) is 0.0909. The SMILES string of the molecule is CCOc1ccccc1NC(=O)c1c(-c2ccc(F)cc2)sc2[nH+]c(N)ccc12. The zero-order valence-corrected chi connectivity index (χ0v) is 16.5. The van der Waals surface area contributed by atoms with E-state index in [2.05, 4.69) is 10.3 Å². The van der Waals surface area contributed by atoms with Crippen molar-refractivity contribution in [3.05, 3.63) is 72.0 Å². The molecule has 5 nitrogen and oxygen atoms in total. The number of carbonyl (C=O) groups is 1. The zero-order valence-electron chi connectivity index (χ0n) is 15.7. The summed E-state index contributed by atoms with van der Waals surface area (Å²) < 4.78 is 19.0. The largest absolute Gasteiger partial charge is 0.492 e. The summed E-state index contributed by atoms with van der Waals surface area (Å²) >= 11 is 1.40. The number of halogens is 1. The summed E-state index contributed by atoms with van der Waals surface area (Å²) in [5, 5.41) is 3.69. The highest BCUT2D eigenvalue weighted by molar-refractivity contribution is 7.22. The van der Waals surface area contributed by atoms with Crippen LogP contribution in [0.5, 0.6) is 5.75 Å². The van der Waals surface area contributed by atoms with Crippen LogP contribution in [0.25, 0.3) is 20.7 Å². The monoisotopic (exact) mass is 408 g/mol. The molecule has 2 aromatic heterocycles. The second-order valence-corrected chi connectivity index (χ2v) is 7.37. The first kappa shape index (κ1) is 18.9. The lowest BCUT2D eigenvalue weighted by molar-refractivity contribution is -0.323. The molecule has 7 heteroatoms. The van der Waals surface area contributed by atoms with Crippen LogP contribution in [0.2, 0.25) is 0 Å². The van der Waals surface area contributed by atoms with Gasteiger partial charge in [0, 0.05) is 11.5 Å². The molecule has 0 aliphatic rings. The maximum atomic E-state index is 13.4. The fourth-order valence-electron chi connectivity index (χ4n) is 3.11. The minimum atomic E-state index is -0.331. The van der Waals surface area contributed by atoms with Gasteiger partial charge < -0.3 is 10.1 Å². The first-order chi connectivity index (χ1) is 14.1. The highest BCUT2D eigenvalue weighted by atomic mass is 32.1. The Morgan fingerprint density at radius 3 is 2.66 bits per heavy atom. The van der Waals surface area contributed by atoms with Gasteiger partial charge in [0.15, 0.2) is 4.83 Å². The van der Waals surface area contributed by atoms with Gasteiger partial charge in [0.2, 0.25) is 0 Å². The van der Waals surface area contributed by atoms with Crippen molar-refractivity contribution in [3.63, 3.8) is 0 Å². The Balaban J connectivity index is 1.82. The molecule has 2 heterocycles. The van der Waals surface area contributed by atoms with Crippen molar-refractivity contribution in [1.29, 1.82) is 0 Å². The molecule has 0 radical (unpaired) electrons. The third kappa shape index (κ3) is 3.77. The van der Waals surface area contributed by atoms with Gasteiger partial charge >= 0.3 is 0 Å². The van der Waals surface area contributed by atoms with E-state index in [1.807, 2.05) is 25.1 Å². The van der Waals surface area contributed by atoms with E-state index in [0.29, 0.717) is 29.4 Å². The maximum Gasteiger partial charge on any atom is 0.271 e. The number of thiophene rings is 1. The van der Waals surface area contributed by atoms with Crippen LogP contribution in [0.3, 0.4) is 0 Å². The van der Waals surface area contributed by atoms with Crippen molar-refractivity contribution in [2.75, 3.05) is 17.7 Å². The molecule has 2 aromatic carbocycles. The van der Waals surface area contributed by atoms with E-state index in [0.717, 1.165) is 20.7 Å². The molecule has 146 valence electrons. The highest BCUT2D eigenvalue weighted by Gasteiger charge is 2.23. The number of aromatic nitrogens is 1. The minimum Gasteiger partial charge on any atom is -0.492 e. The number of pyridine rings is 1. The van der Waals surface area contributed by atoms with Crippen molar-refractivity contribution in [1.82, 2.24) is 0 Å². The number of carbonyl (C=O) groups excluding carboxylic acids is 1. The van der Waals surface area contributed by atoms with Crippen molar-refractivity contribution in [2.24, 2.45) is 0 Å². The first-order valence-corrected chi connectivity index (χ1v) is 9.92. The summed E-state index contributed by atoms with van der Waals surface area (Å²) in [5.41, 5.74) is 7.72. The number of hydrogen-bond acceptors (Lipinski definition) is 4. The second kappa shape index (κ2) is 7.89. The molecular weight excluding hydrogens is 389 g/mol. The topological polar surface area (TPSA) is 78.5 Å². The number of benzene rings is 2. The number of anilines is 2. The number of H-pyrrole nitrogens is 1. The van der Waals surface area contributed by atoms with Gasteiger partial charge in [0.25, 0.3) is 11.7 Å². The van der Waals surface area contributed by atoms with E-state index in [-0.39, 0.29) is 11.7 Å². The molecule has 0 bridgehead atoms. The molecule has 4 aromatic rings. The van der Waals surface area contributed by atoms with Gasteiger partial charge in [-0.3, -0.25) is 10.5 Å². The van der Waals surface area contributed by atoms with Gasteiger partial charge in [-0.25, -0.2) is 9.37 Å². The van der Waals surface area contributed by atoms with Crippen LogP contribution in [0.4, 0.5) is 15.9 Å². The van der Waals surface area contributed by atoms with Crippen molar-refractivity contribution >= 4 is 39.0 Å². The lowest BCUT2D eigenvalue weighted by Crippen LogP contribution is -2.14. The van der Waals surface area contributed by atoms with E-state index in [4.69, 9.17) is 10.5 Å². The van der Waals surface area contributed by atoms with Crippen molar-refractivity contribution < 1.29 is 18.9 Å². The number of rotatable bonds is 5. The van der Waals surface area contributed by atoms with E-state index in [1.165, 1.54) is 23.5 Å². The van der Waals surface area contributed by atoms with Crippen LogP contribution in [-0.4, -0.2) is 12.5 Å². The lowest BCUT2D eigenvalue weighted by Gasteiger charge is -2.12. The normalized spacial score (nSPS) is 10.8. The quantitative estimate of drug-likeness (QED) is 0.500. The molecule has 4 rings (SSSR count). The maximum absolute atomic E-state index is 13.4. The Hall–Kier alpha value is -3.45. The van der Waals surface area contributed by atoms with Crippen LogP contribution >= 0.6 is 11.3 Å². The Bertz CT molecular complexity index is 1190. The number of amides is 1. The van der Waals surface area contributed by atoms with Crippen LogP contribution in [0.15, 0.2) is 60.7 Å². The Morgan fingerprint density at radius 2 is 1.90 bits per heavy atom. The summed E-state index contributed by atoms with van der Waals surface area (Å²) in [7, 11) is 0. The molecule has 1 amide bonds. The zero-order chi connectivity index (χ0) is 20.4. The average Bonchev–Trinajstić information content (AvgIpc) is 3.08. The first-order valence-electron chi connectivity index (χ1n) is 9.10. The van der Waals surface area contributed by atoms with Gasteiger partial charge in [-0.2, -0.15) is 0 Å². The second-order valence-electron chi connectivity index (χ2n) is 6.35. The van der Waals surface area contributed by atoms with Gasteiger partial charge in [-0.05, 0) is 42.8 Å². The standard InChI is InChI=1S/C22H18FN3O2S/c1-2-28-17-6-4-3-5-16(17)25-21(27)19-15-11-12-18(24)26-22(15)29-20(19)13-7-9-14(23)10-8-13/h3-12H,2H2,1H3,(H2,24,26)(H,25,27)/p+1. The Morgan fingerprint density at radius 1 is 1.14 bits per heavy atom. The molecular formula is C22H19FN3O2S+. The molecule has 0 fully saturated rings. The van der Waals surface area contributed by atoms with E-state index in [9.17, 15) is 9.18 Å². The number of aromatic amines is 1. The molecule has 0 aliphatic heterocycles. The van der Waals surface area contributed by atoms with Crippen LogP contribution < -0.4 is 20.8 Å². The average molecular weight is 408 g/mol. The number of nitrogen functional groups attached to an aromatic ring is 1. The smallest absolute Gasteiger partial charge is 0.271 e. The summed E-state index contributed by atoms with van der Waals surface area (Å²) in [5.74, 6) is 0.489. The Labute approximate surface area is 171 Å². The van der Waals surface area contributed by atoms with Gasteiger partial charge in [-0.15, -0.1) is 0 Å². The van der Waals surface area contributed by atoms with Gasteiger partial charge in [-0.1, -0.05) is 35.6 Å². The number of fused-ring (bicyclic) bond motifs is 1. The van der Waals surface area contributed by atoms with E-state index < -0.39 is 0 Å². The van der Waals surface area contributed by atoms with Crippen molar-refractivity contribution in [2.45, 2.75) is 6.92 Å². The highest BCUT2D eigenvalue weighted by Crippen LogP contribution is 2.38.